The predicted octanol–water partition coefficient (Wildman–Crippen LogP) is 0.506. The molecule has 0 radical (unpaired) electrons. The molecule has 0 aromatic rings. The van der Waals surface area contributed by atoms with Gasteiger partial charge in [0.2, 0.25) is 0 Å². The van der Waals surface area contributed by atoms with Crippen LogP contribution in [0.2, 0.25) is 0 Å². The third kappa shape index (κ3) is 5.74. The second-order valence-corrected chi connectivity index (χ2v) is 2.14. The maximum atomic E-state index is 10.8. The lowest BCUT2D eigenvalue weighted by atomic mass is 10.5. The van der Waals surface area contributed by atoms with Crippen LogP contribution in [0.25, 0.3) is 0 Å². The molecule has 0 aromatic heterocycles. The van der Waals surface area contributed by atoms with Crippen LogP contribution in [0.4, 0.5) is 0 Å². The molecule has 0 N–H and O–H groups in total. The van der Waals surface area contributed by atoms with Crippen molar-refractivity contribution >= 4 is 11.9 Å². The summed E-state index contributed by atoms with van der Waals surface area (Å²) in [6.45, 7) is 3.61. The van der Waals surface area contributed by atoms with Crippen LogP contribution in [0.3, 0.4) is 0 Å². The average Bonchev–Trinajstić information content (AvgIpc) is 2.14. The molecule has 0 atom stereocenters. The summed E-state index contributed by atoms with van der Waals surface area (Å²) in [4.78, 5) is 21.5. The van der Waals surface area contributed by atoms with Crippen LogP contribution in [0.1, 0.15) is 20.3 Å². The summed E-state index contributed by atoms with van der Waals surface area (Å²) in [6, 6.07) is 0. The third-order valence-electron chi connectivity index (χ3n) is 1.06. The first-order valence-corrected chi connectivity index (χ1v) is 3.95. The zero-order valence-electron chi connectivity index (χ0n) is 7.75. The summed E-state index contributed by atoms with van der Waals surface area (Å²) in [7, 11) is 0. The molecule has 0 aromatic carbocycles. The summed E-state index contributed by atoms with van der Waals surface area (Å²) >= 11 is 0. The van der Waals surface area contributed by atoms with Crippen LogP contribution in [-0.2, 0) is 19.1 Å². The zero-order chi connectivity index (χ0) is 10.1. The fraction of sp³-hybridized carbons (Fsp3) is 0.556. The van der Waals surface area contributed by atoms with Crippen LogP contribution in [0.15, 0.2) is 0 Å². The monoisotopic (exact) mass is 184 g/mol. The number of hydrogen-bond donors (Lipinski definition) is 0. The van der Waals surface area contributed by atoms with Gasteiger partial charge in [-0.15, -0.1) is 5.92 Å². The summed E-state index contributed by atoms with van der Waals surface area (Å²) in [5.74, 6) is 3.07. The number of hydrogen-bond acceptors (Lipinski definition) is 4. The lowest BCUT2D eigenvalue weighted by Crippen LogP contribution is -2.20. The molecule has 0 aliphatic heterocycles. The second kappa shape index (κ2) is 7.17. The molecule has 0 saturated heterocycles. The fourth-order valence-electron chi connectivity index (χ4n) is 0.486. The number of carbonyl (C=O) groups is 2. The van der Waals surface area contributed by atoms with Gasteiger partial charge in [0.1, 0.15) is 0 Å². The topological polar surface area (TPSA) is 52.6 Å². The number of esters is 2. The molecule has 0 unspecified atom stereocenters. The van der Waals surface area contributed by atoms with E-state index in [4.69, 9.17) is 0 Å². The van der Waals surface area contributed by atoms with Gasteiger partial charge < -0.3 is 9.47 Å². The molecule has 0 aliphatic carbocycles. The Morgan fingerprint density at radius 1 is 1.23 bits per heavy atom. The van der Waals surface area contributed by atoms with Gasteiger partial charge in [-0.05, 0) is 13.3 Å². The predicted molar refractivity (Wildman–Crippen MR) is 45.7 cm³/mol. The van der Waals surface area contributed by atoms with E-state index in [1.165, 1.54) is 0 Å². The van der Waals surface area contributed by atoms with Gasteiger partial charge in [0.05, 0.1) is 6.61 Å². The first-order chi connectivity index (χ1) is 6.22. The van der Waals surface area contributed by atoms with Crippen molar-refractivity contribution in [3.63, 3.8) is 0 Å². The normalized spacial score (nSPS) is 8.15. The Labute approximate surface area is 77.2 Å². The van der Waals surface area contributed by atoms with E-state index < -0.39 is 11.9 Å². The van der Waals surface area contributed by atoms with Crippen LogP contribution < -0.4 is 0 Å². The number of rotatable bonds is 3. The van der Waals surface area contributed by atoms with Crippen molar-refractivity contribution in [1.29, 1.82) is 0 Å². The number of carbonyl (C=O) groups excluding carboxylic acids is 2. The Morgan fingerprint density at radius 2 is 1.85 bits per heavy atom. The van der Waals surface area contributed by atoms with Gasteiger partial charge >= 0.3 is 11.9 Å². The minimum atomic E-state index is -0.990. The number of ether oxygens (including phenoxy) is 2. The van der Waals surface area contributed by atoms with Crippen molar-refractivity contribution in [3.05, 3.63) is 0 Å². The lowest BCUT2D eigenvalue weighted by Gasteiger charge is -2.00. The highest BCUT2D eigenvalue weighted by molar-refractivity contribution is 6.29. The zero-order valence-corrected chi connectivity index (χ0v) is 7.75. The Kier molecular flexibility index (Phi) is 6.34. The molecule has 0 heterocycles. The quantitative estimate of drug-likeness (QED) is 0.364. The van der Waals surface area contributed by atoms with Crippen molar-refractivity contribution in [2.24, 2.45) is 0 Å². The van der Waals surface area contributed by atoms with Gasteiger partial charge in [0.15, 0.2) is 6.61 Å². The molecule has 0 amide bonds. The summed E-state index contributed by atoms with van der Waals surface area (Å²) in [5.41, 5.74) is 0. The van der Waals surface area contributed by atoms with Crippen LogP contribution in [-0.4, -0.2) is 25.2 Å². The molecular formula is C9H12O4. The summed E-state index contributed by atoms with van der Waals surface area (Å²) in [5, 5.41) is 0. The molecule has 13 heavy (non-hydrogen) atoms. The first kappa shape index (κ1) is 11.5. The van der Waals surface area contributed by atoms with Crippen molar-refractivity contribution in [2.45, 2.75) is 20.3 Å². The summed E-state index contributed by atoms with van der Waals surface area (Å²) < 4.78 is 8.98. The minimum absolute atomic E-state index is 0.0729. The van der Waals surface area contributed by atoms with Crippen molar-refractivity contribution in [1.82, 2.24) is 0 Å². The average molecular weight is 184 g/mol. The molecular weight excluding hydrogens is 172 g/mol. The Hall–Kier alpha value is -1.50. The molecule has 4 nitrogen and oxygen atoms in total. The smallest absolute Gasteiger partial charge is 0.418 e. The fourth-order valence-corrected chi connectivity index (χ4v) is 0.486. The highest BCUT2D eigenvalue weighted by Crippen LogP contribution is 1.86. The molecule has 4 heteroatoms. The third-order valence-corrected chi connectivity index (χ3v) is 1.06. The highest BCUT2D eigenvalue weighted by Gasteiger charge is 2.15. The Bertz CT molecular complexity index is 234. The van der Waals surface area contributed by atoms with Gasteiger partial charge in [-0.25, -0.2) is 9.59 Å². The maximum absolute atomic E-state index is 10.8. The molecule has 0 spiro atoms. The Morgan fingerprint density at radius 3 is 2.38 bits per heavy atom. The second-order valence-electron chi connectivity index (χ2n) is 2.14. The molecule has 0 fully saturated rings. The van der Waals surface area contributed by atoms with E-state index in [0.29, 0.717) is 6.42 Å². The first-order valence-electron chi connectivity index (χ1n) is 3.95. The minimum Gasteiger partial charge on any atom is -0.457 e. The van der Waals surface area contributed by atoms with Crippen molar-refractivity contribution < 1.29 is 19.1 Å². The highest BCUT2D eigenvalue weighted by atomic mass is 16.6. The van der Waals surface area contributed by atoms with Crippen molar-refractivity contribution in [3.8, 4) is 11.8 Å². The Balaban J connectivity index is 3.67. The van der Waals surface area contributed by atoms with E-state index in [1.54, 1.807) is 6.92 Å². The molecule has 0 bridgehead atoms. The van der Waals surface area contributed by atoms with Gasteiger partial charge in [-0.1, -0.05) is 12.8 Å². The van der Waals surface area contributed by atoms with E-state index in [0.717, 1.165) is 0 Å². The standard InChI is InChI=1S/C9H12O4/c1-3-5-7-13-9(11)8(10)12-6-4-2/h4,6-7H2,1-2H3. The lowest BCUT2D eigenvalue weighted by molar-refractivity contribution is -0.166. The van der Waals surface area contributed by atoms with Gasteiger partial charge in [0.25, 0.3) is 0 Å². The maximum Gasteiger partial charge on any atom is 0.418 e. The van der Waals surface area contributed by atoms with Gasteiger partial charge in [-0.2, -0.15) is 0 Å². The van der Waals surface area contributed by atoms with Crippen LogP contribution >= 0.6 is 0 Å². The van der Waals surface area contributed by atoms with E-state index in [-0.39, 0.29) is 13.2 Å². The van der Waals surface area contributed by atoms with E-state index in [1.807, 2.05) is 6.92 Å². The molecule has 0 aliphatic rings. The van der Waals surface area contributed by atoms with Crippen LogP contribution in [0, 0.1) is 11.8 Å². The summed E-state index contributed by atoms with van der Waals surface area (Å²) in [6.07, 6.45) is 0.674. The van der Waals surface area contributed by atoms with E-state index in [9.17, 15) is 9.59 Å². The van der Waals surface area contributed by atoms with Crippen molar-refractivity contribution in [2.75, 3.05) is 13.2 Å². The van der Waals surface area contributed by atoms with Crippen LogP contribution in [0.5, 0.6) is 0 Å². The van der Waals surface area contributed by atoms with Gasteiger partial charge in [0, 0.05) is 0 Å². The SMILES string of the molecule is CC#CCOC(=O)C(=O)OCCC. The molecule has 0 rings (SSSR count). The van der Waals surface area contributed by atoms with E-state index in [2.05, 4.69) is 21.3 Å². The molecule has 72 valence electrons. The largest absolute Gasteiger partial charge is 0.457 e. The van der Waals surface area contributed by atoms with Gasteiger partial charge in [-0.3, -0.25) is 0 Å². The molecule has 0 saturated carbocycles. The van der Waals surface area contributed by atoms with E-state index >= 15 is 0 Å².